The standard InChI is InChI=1S/C15H24N2O4/c1-19-10-11-21-8-3-7-20-9-6-15(18)17-14-5-2-4-13(16)12-14/h2,4-5,12H,3,6-11,16H2,1H3,(H,17,18). The van der Waals surface area contributed by atoms with Crippen LogP contribution in [0.15, 0.2) is 24.3 Å². The van der Waals surface area contributed by atoms with Crippen molar-refractivity contribution in [2.24, 2.45) is 0 Å². The number of hydrogen-bond acceptors (Lipinski definition) is 5. The van der Waals surface area contributed by atoms with Gasteiger partial charge in [0, 0.05) is 31.7 Å². The highest BCUT2D eigenvalue weighted by Crippen LogP contribution is 2.11. The summed E-state index contributed by atoms with van der Waals surface area (Å²) in [4.78, 5) is 11.7. The van der Waals surface area contributed by atoms with Crippen LogP contribution in [0.4, 0.5) is 11.4 Å². The van der Waals surface area contributed by atoms with Crippen LogP contribution in [-0.2, 0) is 19.0 Å². The summed E-state index contributed by atoms with van der Waals surface area (Å²) in [6, 6.07) is 7.08. The van der Waals surface area contributed by atoms with Gasteiger partial charge in [0.1, 0.15) is 0 Å². The van der Waals surface area contributed by atoms with Crippen molar-refractivity contribution in [3.8, 4) is 0 Å². The smallest absolute Gasteiger partial charge is 0.226 e. The minimum atomic E-state index is -0.0862. The summed E-state index contributed by atoms with van der Waals surface area (Å²) < 4.78 is 15.5. The van der Waals surface area contributed by atoms with E-state index < -0.39 is 0 Å². The third-order valence-corrected chi connectivity index (χ3v) is 2.65. The fraction of sp³-hybridized carbons (Fsp3) is 0.533. The Kier molecular flexibility index (Phi) is 9.19. The lowest BCUT2D eigenvalue weighted by Crippen LogP contribution is -2.15. The number of carbonyl (C=O) groups excluding carboxylic acids is 1. The van der Waals surface area contributed by atoms with Crippen LogP contribution in [-0.4, -0.2) is 46.1 Å². The Labute approximate surface area is 125 Å². The minimum Gasteiger partial charge on any atom is -0.399 e. The number of hydrogen-bond donors (Lipinski definition) is 2. The molecule has 118 valence electrons. The molecule has 0 radical (unpaired) electrons. The number of rotatable bonds is 11. The Morgan fingerprint density at radius 3 is 2.62 bits per heavy atom. The Morgan fingerprint density at radius 1 is 1.14 bits per heavy atom. The van der Waals surface area contributed by atoms with E-state index in [-0.39, 0.29) is 5.91 Å². The number of benzene rings is 1. The van der Waals surface area contributed by atoms with E-state index in [2.05, 4.69) is 5.32 Å². The topological polar surface area (TPSA) is 82.8 Å². The highest BCUT2D eigenvalue weighted by atomic mass is 16.5. The van der Waals surface area contributed by atoms with E-state index in [1.165, 1.54) is 0 Å². The van der Waals surface area contributed by atoms with Crippen molar-refractivity contribution in [2.45, 2.75) is 12.8 Å². The molecule has 0 aliphatic heterocycles. The molecular weight excluding hydrogens is 272 g/mol. The lowest BCUT2D eigenvalue weighted by molar-refractivity contribution is -0.117. The lowest BCUT2D eigenvalue weighted by atomic mass is 10.3. The summed E-state index contributed by atoms with van der Waals surface area (Å²) in [6.45, 7) is 2.81. The van der Waals surface area contributed by atoms with Crippen LogP contribution in [0.5, 0.6) is 0 Å². The van der Waals surface area contributed by atoms with E-state index in [1.54, 1.807) is 31.4 Å². The number of nitrogens with one attached hydrogen (secondary N) is 1. The first kappa shape index (κ1) is 17.4. The molecule has 1 rings (SSSR count). The molecule has 0 saturated heterocycles. The molecule has 0 spiro atoms. The molecule has 1 amide bonds. The van der Waals surface area contributed by atoms with Gasteiger partial charge in [-0.3, -0.25) is 4.79 Å². The largest absolute Gasteiger partial charge is 0.399 e. The number of methoxy groups -OCH3 is 1. The molecule has 0 saturated carbocycles. The molecule has 0 unspecified atom stereocenters. The number of nitrogen functional groups attached to an aromatic ring is 1. The zero-order valence-corrected chi connectivity index (χ0v) is 12.5. The molecule has 0 aliphatic rings. The van der Waals surface area contributed by atoms with Crippen molar-refractivity contribution >= 4 is 17.3 Å². The number of amides is 1. The SMILES string of the molecule is COCCOCCCOCCC(=O)Nc1cccc(N)c1. The molecule has 3 N–H and O–H groups in total. The Bertz CT molecular complexity index is 412. The second kappa shape index (κ2) is 11.1. The molecule has 1 aromatic rings. The Morgan fingerprint density at radius 2 is 1.90 bits per heavy atom. The maximum atomic E-state index is 11.7. The van der Waals surface area contributed by atoms with Crippen molar-refractivity contribution in [1.29, 1.82) is 0 Å². The van der Waals surface area contributed by atoms with Gasteiger partial charge in [-0.2, -0.15) is 0 Å². The van der Waals surface area contributed by atoms with Gasteiger partial charge in [-0.25, -0.2) is 0 Å². The summed E-state index contributed by atoms with van der Waals surface area (Å²) in [7, 11) is 1.64. The second-order valence-corrected chi connectivity index (χ2v) is 4.49. The number of carbonyl (C=O) groups is 1. The van der Waals surface area contributed by atoms with Crippen molar-refractivity contribution < 1.29 is 19.0 Å². The van der Waals surface area contributed by atoms with E-state index in [4.69, 9.17) is 19.9 Å². The predicted molar refractivity (Wildman–Crippen MR) is 82.2 cm³/mol. The van der Waals surface area contributed by atoms with Gasteiger partial charge in [-0.1, -0.05) is 6.07 Å². The minimum absolute atomic E-state index is 0.0862. The molecule has 0 aromatic heterocycles. The van der Waals surface area contributed by atoms with Gasteiger partial charge >= 0.3 is 0 Å². The maximum absolute atomic E-state index is 11.7. The first-order chi connectivity index (χ1) is 10.2. The highest BCUT2D eigenvalue weighted by Gasteiger charge is 2.02. The molecule has 0 fully saturated rings. The summed E-state index contributed by atoms with van der Waals surface area (Å²) in [5, 5.41) is 2.77. The molecule has 1 aromatic carbocycles. The van der Waals surface area contributed by atoms with Crippen molar-refractivity contribution in [1.82, 2.24) is 0 Å². The molecule has 0 atom stereocenters. The quantitative estimate of drug-likeness (QED) is 0.479. The van der Waals surface area contributed by atoms with Crippen LogP contribution in [0, 0.1) is 0 Å². The fourth-order valence-electron chi connectivity index (χ4n) is 1.61. The van der Waals surface area contributed by atoms with E-state index in [0.29, 0.717) is 50.8 Å². The first-order valence-corrected chi connectivity index (χ1v) is 7.02. The molecule has 21 heavy (non-hydrogen) atoms. The van der Waals surface area contributed by atoms with Crippen LogP contribution in [0.2, 0.25) is 0 Å². The Hall–Kier alpha value is -1.63. The van der Waals surface area contributed by atoms with Crippen molar-refractivity contribution in [3.63, 3.8) is 0 Å². The van der Waals surface area contributed by atoms with Gasteiger partial charge in [0.2, 0.25) is 5.91 Å². The molecule has 6 nitrogen and oxygen atoms in total. The predicted octanol–water partition coefficient (Wildman–Crippen LogP) is 1.67. The van der Waals surface area contributed by atoms with Crippen LogP contribution in [0.3, 0.4) is 0 Å². The molecular formula is C15H24N2O4. The summed E-state index contributed by atoms with van der Waals surface area (Å²) in [5.41, 5.74) is 6.96. The number of nitrogens with two attached hydrogens (primary N) is 1. The summed E-state index contributed by atoms with van der Waals surface area (Å²) >= 11 is 0. The molecule has 6 heteroatoms. The van der Waals surface area contributed by atoms with Crippen molar-refractivity contribution in [2.75, 3.05) is 51.2 Å². The van der Waals surface area contributed by atoms with E-state index in [9.17, 15) is 4.79 Å². The van der Waals surface area contributed by atoms with Gasteiger partial charge in [0.05, 0.1) is 26.2 Å². The third kappa shape index (κ3) is 9.01. The van der Waals surface area contributed by atoms with E-state index in [1.807, 2.05) is 0 Å². The molecule has 0 heterocycles. The highest BCUT2D eigenvalue weighted by molar-refractivity contribution is 5.91. The lowest BCUT2D eigenvalue weighted by Gasteiger charge is -2.07. The third-order valence-electron chi connectivity index (χ3n) is 2.65. The maximum Gasteiger partial charge on any atom is 0.226 e. The van der Waals surface area contributed by atoms with Crippen LogP contribution in [0.1, 0.15) is 12.8 Å². The Balaban J connectivity index is 1.99. The second-order valence-electron chi connectivity index (χ2n) is 4.49. The summed E-state index contributed by atoms with van der Waals surface area (Å²) in [5.74, 6) is -0.0862. The molecule has 0 bridgehead atoms. The molecule has 0 aliphatic carbocycles. The van der Waals surface area contributed by atoms with Gasteiger partial charge < -0.3 is 25.3 Å². The zero-order valence-electron chi connectivity index (χ0n) is 12.5. The average molecular weight is 296 g/mol. The van der Waals surface area contributed by atoms with E-state index in [0.717, 1.165) is 6.42 Å². The van der Waals surface area contributed by atoms with Crippen LogP contribution in [0.25, 0.3) is 0 Å². The van der Waals surface area contributed by atoms with Gasteiger partial charge in [-0.05, 0) is 24.6 Å². The van der Waals surface area contributed by atoms with E-state index >= 15 is 0 Å². The average Bonchev–Trinajstić information content (AvgIpc) is 2.45. The first-order valence-electron chi connectivity index (χ1n) is 7.02. The fourth-order valence-corrected chi connectivity index (χ4v) is 1.61. The van der Waals surface area contributed by atoms with Crippen molar-refractivity contribution in [3.05, 3.63) is 24.3 Å². The van der Waals surface area contributed by atoms with Crippen LogP contribution < -0.4 is 11.1 Å². The monoisotopic (exact) mass is 296 g/mol. The van der Waals surface area contributed by atoms with Gasteiger partial charge in [0.25, 0.3) is 0 Å². The number of ether oxygens (including phenoxy) is 3. The normalized spacial score (nSPS) is 10.5. The van der Waals surface area contributed by atoms with Gasteiger partial charge in [0.15, 0.2) is 0 Å². The zero-order chi connectivity index (χ0) is 15.3. The van der Waals surface area contributed by atoms with Gasteiger partial charge in [-0.15, -0.1) is 0 Å². The van der Waals surface area contributed by atoms with Crippen LogP contribution >= 0.6 is 0 Å². The number of anilines is 2. The summed E-state index contributed by atoms with van der Waals surface area (Å²) in [6.07, 6.45) is 1.12.